The van der Waals surface area contributed by atoms with Crippen molar-refractivity contribution >= 4 is 11.9 Å². The lowest BCUT2D eigenvalue weighted by molar-refractivity contribution is -0.142. The number of hydrogen-bond acceptors (Lipinski definition) is 4. The smallest absolute Gasteiger partial charge is 0.320 e. The maximum atomic E-state index is 11.4. The minimum absolute atomic E-state index is 0.0996. The highest BCUT2D eigenvalue weighted by atomic mass is 16.4. The summed E-state index contributed by atoms with van der Waals surface area (Å²) in [5.41, 5.74) is 0. The largest absolute Gasteiger partial charge is 0.480 e. The Kier molecular flexibility index (Phi) is 4.73. The Morgan fingerprint density at radius 3 is 2.94 bits per heavy atom. The fourth-order valence-corrected chi connectivity index (χ4v) is 1.79. The molecule has 0 aromatic carbocycles. The van der Waals surface area contributed by atoms with Crippen molar-refractivity contribution in [2.45, 2.75) is 25.3 Å². The number of carbonyl (C=O) groups is 2. The van der Waals surface area contributed by atoms with Gasteiger partial charge in [-0.1, -0.05) is 0 Å². The SMILES string of the molecule is N#CCCNC(=O)CN1CCCC1C(=O)O. The van der Waals surface area contributed by atoms with E-state index in [-0.39, 0.29) is 18.9 Å². The standard InChI is InChI=1S/C10H15N3O3/c11-4-2-5-12-9(14)7-13-6-1-3-8(13)10(15)16/h8H,1-3,5-7H2,(H,12,14)(H,15,16). The second-order valence-electron chi connectivity index (χ2n) is 3.72. The van der Waals surface area contributed by atoms with Crippen molar-refractivity contribution in [3.8, 4) is 6.07 Å². The van der Waals surface area contributed by atoms with Crippen LogP contribution in [0.5, 0.6) is 0 Å². The van der Waals surface area contributed by atoms with E-state index in [1.54, 1.807) is 4.90 Å². The Hall–Kier alpha value is -1.61. The molecule has 0 aliphatic carbocycles. The Balaban J connectivity index is 2.33. The van der Waals surface area contributed by atoms with Crippen LogP contribution in [-0.4, -0.2) is 47.6 Å². The van der Waals surface area contributed by atoms with Gasteiger partial charge in [0.25, 0.3) is 0 Å². The number of carboxylic acid groups (broad SMARTS) is 1. The monoisotopic (exact) mass is 225 g/mol. The topological polar surface area (TPSA) is 93.4 Å². The van der Waals surface area contributed by atoms with Gasteiger partial charge in [-0.2, -0.15) is 5.26 Å². The van der Waals surface area contributed by atoms with Crippen LogP contribution in [0, 0.1) is 11.3 Å². The van der Waals surface area contributed by atoms with Crippen molar-refractivity contribution in [2.24, 2.45) is 0 Å². The molecule has 1 saturated heterocycles. The van der Waals surface area contributed by atoms with E-state index in [0.717, 1.165) is 6.42 Å². The summed E-state index contributed by atoms with van der Waals surface area (Å²) in [6.45, 7) is 1.06. The zero-order valence-electron chi connectivity index (χ0n) is 8.98. The number of amides is 1. The number of carbonyl (C=O) groups excluding carboxylic acids is 1. The molecule has 88 valence electrons. The zero-order valence-corrected chi connectivity index (χ0v) is 8.98. The lowest BCUT2D eigenvalue weighted by Crippen LogP contribution is -2.43. The van der Waals surface area contributed by atoms with E-state index in [9.17, 15) is 9.59 Å². The third-order valence-electron chi connectivity index (χ3n) is 2.55. The summed E-state index contributed by atoms with van der Waals surface area (Å²) in [7, 11) is 0. The molecule has 1 atom stereocenters. The summed E-state index contributed by atoms with van der Waals surface area (Å²) in [5.74, 6) is -1.09. The van der Waals surface area contributed by atoms with Gasteiger partial charge in [-0.05, 0) is 19.4 Å². The molecule has 1 unspecified atom stereocenters. The van der Waals surface area contributed by atoms with Crippen molar-refractivity contribution in [1.82, 2.24) is 10.2 Å². The van der Waals surface area contributed by atoms with Crippen LogP contribution in [0.1, 0.15) is 19.3 Å². The average molecular weight is 225 g/mol. The molecule has 1 fully saturated rings. The first-order chi connectivity index (χ1) is 7.65. The second kappa shape index (κ2) is 6.08. The summed E-state index contributed by atoms with van der Waals surface area (Å²) in [6.07, 6.45) is 1.68. The highest BCUT2D eigenvalue weighted by Crippen LogP contribution is 2.16. The van der Waals surface area contributed by atoms with E-state index in [1.165, 1.54) is 0 Å². The second-order valence-corrected chi connectivity index (χ2v) is 3.72. The van der Waals surface area contributed by atoms with E-state index in [1.807, 2.05) is 6.07 Å². The van der Waals surface area contributed by atoms with Gasteiger partial charge in [0.05, 0.1) is 19.0 Å². The van der Waals surface area contributed by atoms with Crippen LogP contribution in [0.25, 0.3) is 0 Å². The van der Waals surface area contributed by atoms with Gasteiger partial charge in [-0.15, -0.1) is 0 Å². The highest BCUT2D eigenvalue weighted by molar-refractivity contribution is 5.80. The molecular formula is C10H15N3O3. The van der Waals surface area contributed by atoms with Crippen LogP contribution in [-0.2, 0) is 9.59 Å². The summed E-state index contributed by atoms with van der Waals surface area (Å²) < 4.78 is 0. The minimum Gasteiger partial charge on any atom is -0.480 e. The fraction of sp³-hybridized carbons (Fsp3) is 0.700. The van der Waals surface area contributed by atoms with E-state index >= 15 is 0 Å². The van der Waals surface area contributed by atoms with Crippen LogP contribution in [0.15, 0.2) is 0 Å². The van der Waals surface area contributed by atoms with E-state index in [2.05, 4.69) is 5.32 Å². The molecule has 0 radical (unpaired) electrons. The van der Waals surface area contributed by atoms with Gasteiger partial charge in [-0.3, -0.25) is 14.5 Å². The number of likely N-dealkylation sites (tertiary alicyclic amines) is 1. The first-order valence-corrected chi connectivity index (χ1v) is 5.25. The number of aliphatic carboxylic acids is 1. The van der Waals surface area contributed by atoms with Gasteiger partial charge in [0.2, 0.25) is 5.91 Å². The molecular weight excluding hydrogens is 210 g/mol. The number of carboxylic acids is 1. The van der Waals surface area contributed by atoms with Crippen LogP contribution in [0.4, 0.5) is 0 Å². The van der Waals surface area contributed by atoms with Crippen LogP contribution in [0.3, 0.4) is 0 Å². The van der Waals surface area contributed by atoms with Gasteiger partial charge in [-0.25, -0.2) is 0 Å². The molecule has 1 amide bonds. The maximum absolute atomic E-state index is 11.4. The molecule has 0 saturated carbocycles. The lowest BCUT2D eigenvalue weighted by Gasteiger charge is -2.19. The predicted octanol–water partition coefficient (Wildman–Crippen LogP) is -0.435. The van der Waals surface area contributed by atoms with Crippen molar-refractivity contribution in [3.63, 3.8) is 0 Å². The van der Waals surface area contributed by atoms with Crippen molar-refractivity contribution in [1.29, 1.82) is 5.26 Å². The fourth-order valence-electron chi connectivity index (χ4n) is 1.79. The summed E-state index contributed by atoms with van der Waals surface area (Å²) in [6, 6.07) is 1.38. The van der Waals surface area contributed by atoms with Gasteiger partial charge < -0.3 is 10.4 Å². The van der Waals surface area contributed by atoms with Crippen molar-refractivity contribution in [3.05, 3.63) is 0 Å². The molecule has 0 bridgehead atoms. The molecule has 6 heteroatoms. The molecule has 1 rings (SSSR count). The Morgan fingerprint density at radius 1 is 1.56 bits per heavy atom. The van der Waals surface area contributed by atoms with Gasteiger partial charge >= 0.3 is 5.97 Å². The summed E-state index contributed by atoms with van der Waals surface area (Å²) >= 11 is 0. The van der Waals surface area contributed by atoms with Gasteiger partial charge in [0, 0.05) is 6.54 Å². The molecule has 0 aromatic heterocycles. The summed E-state index contributed by atoms with van der Waals surface area (Å²) in [5, 5.41) is 19.8. The molecule has 1 aliphatic rings. The molecule has 0 aromatic rings. The Morgan fingerprint density at radius 2 is 2.31 bits per heavy atom. The lowest BCUT2D eigenvalue weighted by atomic mass is 10.2. The zero-order chi connectivity index (χ0) is 12.0. The highest BCUT2D eigenvalue weighted by Gasteiger charge is 2.31. The van der Waals surface area contributed by atoms with Gasteiger partial charge in [0.15, 0.2) is 0 Å². The minimum atomic E-state index is -0.873. The first-order valence-electron chi connectivity index (χ1n) is 5.25. The van der Waals surface area contributed by atoms with Crippen molar-refractivity contribution in [2.75, 3.05) is 19.6 Å². The van der Waals surface area contributed by atoms with Crippen LogP contribution < -0.4 is 5.32 Å². The molecule has 1 aliphatic heterocycles. The maximum Gasteiger partial charge on any atom is 0.320 e. The van der Waals surface area contributed by atoms with E-state index < -0.39 is 12.0 Å². The molecule has 16 heavy (non-hydrogen) atoms. The van der Waals surface area contributed by atoms with Crippen LogP contribution in [0.2, 0.25) is 0 Å². The Labute approximate surface area is 93.8 Å². The Bertz CT molecular complexity index is 311. The number of nitrogens with one attached hydrogen (secondary N) is 1. The average Bonchev–Trinajstić information content (AvgIpc) is 2.66. The molecule has 0 spiro atoms. The third kappa shape index (κ3) is 3.51. The number of nitrogens with zero attached hydrogens (tertiary/aromatic N) is 2. The van der Waals surface area contributed by atoms with E-state index in [0.29, 0.717) is 19.5 Å². The third-order valence-corrected chi connectivity index (χ3v) is 2.55. The van der Waals surface area contributed by atoms with E-state index in [4.69, 9.17) is 10.4 Å². The molecule has 2 N–H and O–H groups in total. The molecule has 6 nitrogen and oxygen atoms in total. The van der Waals surface area contributed by atoms with Gasteiger partial charge in [0.1, 0.15) is 6.04 Å². The van der Waals surface area contributed by atoms with Crippen LogP contribution >= 0.6 is 0 Å². The predicted molar refractivity (Wildman–Crippen MR) is 55.5 cm³/mol. The normalized spacial score (nSPS) is 20.3. The number of rotatable bonds is 5. The number of nitriles is 1. The van der Waals surface area contributed by atoms with Crippen molar-refractivity contribution < 1.29 is 14.7 Å². The first kappa shape index (κ1) is 12.5. The molecule has 1 heterocycles. The summed E-state index contributed by atoms with van der Waals surface area (Å²) in [4.78, 5) is 23.9. The number of hydrogen-bond donors (Lipinski definition) is 2. The quantitative estimate of drug-likeness (QED) is 0.619.